The minimum atomic E-state index is -3.79. The molecule has 1 unspecified atom stereocenters. The van der Waals surface area contributed by atoms with Gasteiger partial charge in [0.05, 0.1) is 5.75 Å². The van der Waals surface area contributed by atoms with E-state index >= 15 is 0 Å². The first kappa shape index (κ1) is 15.2. The predicted octanol–water partition coefficient (Wildman–Crippen LogP) is -2.13. The summed E-state index contributed by atoms with van der Waals surface area (Å²) in [6.45, 7) is 0. The van der Waals surface area contributed by atoms with Crippen LogP contribution < -0.4 is 11.5 Å². The highest BCUT2D eigenvalue weighted by molar-refractivity contribution is 8.72. The van der Waals surface area contributed by atoms with E-state index < -0.39 is 38.6 Å². The predicted molar refractivity (Wildman–Crippen MR) is 57.5 cm³/mol. The number of hydrogen-bond acceptors (Lipinski definition) is 7. The Morgan fingerprint density at radius 3 is 1.94 bits per heavy atom. The fourth-order valence-corrected chi connectivity index (χ4v) is 3.55. The Labute approximate surface area is 95.3 Å². The Morgan fingerprint density at radius 2 is 1.56 bits per heavy atom. The summed E-state index contributed by atoms with van der Waals surface area (Å²) >= 11 is 0. The van der Waals surface area contributed by atoms with Gasteiger partial charge < -0.3 is 21.7 Å². The molecular formula is C6H12N2O6S2. The number of aliphatic carboxylic acids is 2. The van der Waals surface area contributed by atoms with Crippen LogP contribution in [0.15, 0.2) is 0 Å². The molecule has 0 aromatic carbocycles. The molecule has 0 heterocycles. The van der Waals surface area contributed by atoms with E-state index in [-0.39, 0.29) is 16.5 Å². The molecule has 16 heavy (non-hydrogen) atoms. The van der Waals surface area contributed by atoms with Crippen molar-refractivity contribution in [1.29, 1.82) is 0 Å². The van der Waals surface area contributed by atoms with E-state index in [1.165, 1.54) is 0 Å². The van der Waals surface area contributed by atoms with Gasteiger partial charge in [-0.25, -0.2) is 8.42 Å². The van der Waals surface area contributed by atoms with E-state index in [0.717, 1.165) is 0 Å². The monoisotopic (exact) mass is 272 g/mol. The third-order valence-corrected chi connectivity index (χ3v) is 4.96. The van der Waals surface area contributed by atoms with Crippen LogP contribution in [0, 0.1) is 0 Å². The van der Waals surface area contributed by atoms with E-state index in [0.29, 0.717) is 0 Å². The number of carboxylic acids is 2. The van der Waals surface area contributed by atoms with Crippen molar-refractivity contribution in [3.8, 4) is 0 Å². The lowest BCUT2D eigenvalue weighted by Crippen LogP contribution is -2.37. The Hall–Kier alpha value is -0.840. The van der Waals surface area contributed by atoms with Crippen LogP contribution in [0.1, 0.15) is 0 Å². The van der Waals surface area contributed by atoms with Gasteiger partial charge >= 0.3 is 11.9 Å². The molecule has 0 bridgehead atoms. The number of nitrogens with two attached hydrogens (primary N) is 2. The van der Waals surface area contributed by atoms with Gasteiger partial charge in [-0.05, 0) is 10.8 Å². The Kier molecular flexibility index (Phi) is 5.72. The van der Waals surface area contributed by atoms with Gasteiger partial charge in [0.15, 0.2) is 0 Å². The quantitative estimate of drug-likeness (QED) is 0.379. The molecule has 0 fully saturated rings. The fraction of sp³-hybridized carbons (Fsp3) is 0.667. The molecule has 0 rings (SSSR count). The molecule has 0 saturated carbocycles. The summed E-state index contributed by atoms with van der Waals surface area (Å²) < 4.78 is 22.5. The third kappa shape index (κ3) is 5.90. The van der Waals surface area contributed by atoms with Crippen molar-refractivity contribution in [1.82, 2.24) is 0 Å². The summed E-state index contributed by atoms with van der Waals surface area (Å²) in [7, 11) is -3.50. The van der Waals surface area contributed by atoms with Crippen LogP contribution in [-0.2, 0) is 18.5 Å². The molecule has 0 aliphatic heterocycles. The minimum Gasteiger partial charge on any atom is -0.480 e. The van der Waals surface area contributed by atoms with Gasteiger partial charge in [0.2, 0.25) is 8.87 Å². The number of rotatable bonds is 7. The highest BCUT2D eigenvalue weighted by Crippen LogP contribution is 2.14. The van der Waals surface area contributed by atoms with E-state index in [1.807, 2.05) is 0 Å². The second-order valence-corrected chi connectivity index (χ2v) is 7.15. The molecule has 0 aromatic heterocycles. The minimum absolute atomic E-state index is 0.284. The zero-order chi connectivity index (χ0) is 12.9. The van der Waals surface area contributed by atoms with E-state index in [4.69, 9.17) is 21.7 Å². The zero-order valence-electron chi connectivity index (χ0n) is 8.07. The lowest BCUT2D eigenvalue weighted by molar-refractivity contribution is -0.138. The molecule has 8 nitrogen and oxygen atoms in total. The van der Waals surface area contributed by atoms with Crippen LogP contribution in [0.3, 0.4) is 0 Å². The molecule has 0 aromatic rings. The molecule has 0 aliphatic carbocycles. The Bertz CT molecular complexity index is 367. The van der Waals surface area contributed by atoms with Gasteiger partial charge in [-0.2, -0.15) is 0 Å². The highest BCUT2D eigenvalue weighted by atomic mass is 33.1. The summed E-state index contributed by atoms with van der Waals surface area (Å²) in [6, 6.07) is -2.85. The van der Waals surface area contributed by atoms with Gasteiger partial charge in [0, 0.05) is 5.75 Å². The van der Waals surface area contributed by atoms with Gasteiger partial charge in [-0.1, -0.05) is 0 Å². The fourth-order valence-electron chi connectivity index (χ4n) is 0.588. The third-order valence-electron chi connectivity index (χ3n) is 1.45. The van der Waals surface area contributed by atoms with E-state index in [9.17, 15) is 18.0 Å². The SMILES string of the molecule is NC(CSS(=O)(=O)C[C@H](N)C(=O)O)C(=O)O. The lowest BCUT2D eigenvalue weighted by Gasteiger charge is -2.08. The van der Waals surface area contributed by atoms with Crippen LogP contribution in [0.4, 0.5) is 0 Å². The largest absolute Gasteiger partial charge is 0.480 e. The molecule has 0 saturated heterocycles. The van der Waals surface area contributed by atoms with Crippen molar-refractivity contribution in [2.75, 3.05) is 11.5 Å². The van der Waals surface area contributed by atoms with Gasteiger partial charge in [-0.3, -0.25) is 9.59 Å². The molecule has 10 heteroatoms. The van der Waals surface area contributed by atoms with Gasteiger partial charge in [0.1, 0.15) is 12.1 Å². The van der Waals surface area contributed by atoms with Crippen molar-refractivity contribution < 1.29 is 28.2 Å². The summed E-state index contributed by atoms with van der Waals surface area (Å²) in [5.74, 6) is -3.89. The van der Waals surface area contributed by atoms with E-state index in [1.54, 1.807) is 0 Å². The topological polar surface area (TPSA) is 161 Å². The first-order chi connectivity index (χ1) is 7.15. The summed E-state index contributed by atoms with van der Waals surface area (Å²) in [4.78, 5) is 20.6. The lowest BCUT2D eigenvalue weighted by atomic mass is 10.4. The van der Waals surface area contributed by atoms with Crippen molar-refractivity contribution in [3.63, 3.8) is 0 Å². The standard InChI is InChI=1S/C6H12N2O6S2/c7-3(5(9)10)1-15-16(13,14)2-4(8)6(11)12/h3-4H,1-2,7-8H2,(H,9,10)(H,11,12)/t3?,4-/m0/s1. The van der Waals surface area contributed by atoms with Crippen LogP contribution in [0.5, 0.6) is 0 Å². The second-order valence-electron chi connectivity index (χ2n) is 2.90. The molecule has 0 aliphatic rings. The first-order valence-electron chi connectivity index (χ1n) is 3.99. The van der Waals surface area contributed by atoms with Crippen LogP contribution in [-0.4, -0.2) is 54.2 Å². The van der Waals surface area contributed by atoms with E-state index in [2.05, 4.69) is 0 Å². The maximum atomic E-state index is 11.2. The average Bonchev–Trinajstić information content (AvgIpc) is 2.13. The molecule has 0 radical (unpaired) electrons. The normalized spacial score (nSPS) is 15.4. The number of hydrogen-bond donors (Lipinski definition) is 4. The van der Waals surface area contributed by atoms with Crippen molar-refractivity contribution in [2.45, 2.75) is 12.1 Å². The van der Waals surface area contributed by atoms with Crippen molar-refractivity contribution in [2.24, 2.45) is 11.5 Å². The molecule has 6 N–H and O–H groups in total. The smallest absolute Gasteiger partial charge is 0.321 e. The molecule has 2 atom stereocenters. The molecule has 94 valence electrons. The van der Waals surface area contributed by atoms with Gasteiger partial charge in [0.25, 0.3) is 0 Å². The van der Waals surface area contributed by atoms with Crippen LogP contribution in [0.25, 0.3) is 0 Å². The van der Waals surface area contributed by atoms with Gasteiger partial charge in [-0.15, -0.1) is 0 Å². The second kappa shape index (κ2) is 6.03. The molecule has 0 amide bonds. The average molecular weight is 272 g/mol. The maximum Gasteiger partial charge on any atom is 0.321 e. The molecular weight excluding hydrogens is 260 g/mol. The Balaban J connectivity index is 4.27. The summed E-state index contributed by atoms with van der Waals surface area (Å²) in [5, 5.41) is 16.8. The summed E-state index contributed by atoms with van der Waals surface area (Å²) in [5.41, 5.74) is 10.1. The number of carbonyl (C=O) groups is 2. The summed E-state index contributed by atoms with van der Waals surface area (Å²) in [6.07, 6.45) is 0. The maximum absolute atomic E-state index is 11.2. The van der Waals surface area contributed by atoms with Crippen LogP contribution >= 0.6 is 10.8 Å². The first-order valence-corrected chi connectivity index (χ1v) is 7.15. The number of carboxylic acid groups (broad SMARTS) is 2. The van der Waals surface area contributed by atoms with Crippen molar-refractivity contribution >= 4 is 31.6 Å². The van der Waals surface area contributed by atoms with Crippen LogP contribution in [0.2, 0.25) is 0 Å². The highest BCUT2D eigenvalue weighted by Gasteiger charge is 2.24. The van der Waals surface area contributed by atoms with Crippen molar-refractivity contribution in [3.05, 3.63) is 0 Å². The Morgan fingerprint density at radius 1 is 1.12 bits per heavy atom. The molecule has 0 spiro atoms. The zero-order valence-corrected chi connectivity index (χ0v) is 9.70.